The molecule has 0 fully saturated rings. The molecule has 6 aromatic rings. The quantitative estimate of drug-likeness (QED) is 0.239. The number of hydrogen-bond donors (Lipinski definition) is 0. The number of benzene rings is 4. The normalized spacial score (nSPS) is 11.2. The Balaban J connectivity index is 1.05. The maximum atomic E-state index is 2.28. The molecule has 0 aliphatic carbocycles. The summed E-state index contributed by atoms with van der Waals surface area (Å²) in [5.41, 5.74) is 5.43. The fourth-order valence-corrected chi connectivity index (χ4v) is 4.89. The lowest BCUT2D eigenvalue weighted by Gasteiger charge is -2.05. The number of rotatable bonds is 7. The van der Waals surface area contributed by atoms with Gasteiger partial charge in [-0.2, -0.15) is 0 Å². The first kappa shape index (κ1) is 22.2. The standard InChI is InChI=1S/C34H30N2/c1-3-7-33-25-35(21-19-31(33)5-1)23-29-15-11-27(12-16-29)9-10-28-13-17-30(18-14-28)24-36-22-20-32-6-2-4-8-34(32)26-36/h1-8,11-22,25-26H,9-10,23-24H2/q+2. The lowest BCUT2D eigenvalue weighted by atomic mass is 10.0. The molecular formula is C34H30N2+2. The first-order valence-electron chi connectivity index (χ1n) is 12.7. The number of aromatic nitrogens is 2. The Morgan fingerprint density at radius 1 is 0.361 bits per heavy atom. The van der Waals surface area contributed by atoms with Gasteiger partial charge < -0.3 is 0 Å². The van der Waals surface area contributed by atoms with Gasteiger partial charge in [-0.05, 0) is 46.9 Å². The third-order valence-electron chi connectivity index (χ3n) is 6.97. The first-order valence-corrected chi connectivity index (χ1v) is 12.7. The third kappa shape index (κ3) is 5.18. The van der Waals surface area contributed by atoms with Gasteiger partial charge in [-0.25, -0.2) is 9.13 Å². The summed E-state index contributed by atoms with van der Waals surface area (Å²) in [4.78, 5) is 0. The van der Waals surface area contributed by atoms with Crippen LogP contribution < -0.4 is 9.13 Å². The van der Waals surface area contributed by atoms with Gasteiger partial charge in [0.15, 0.2) is 37.9 Å². The average molecular weight is 467 g/mol. The van der Waals surface area contributed by atoms with E-state index < -0.39 is 0 Å². The number of aryl methyl sites for hydroxylation is 2. The van der Waals surface area contributed by atoms with Crippen molar-refractivity contribution in [2.45, 2.75) is 25.9 Å². The fourth-order valence-electron chi connectivity index (χ4n) is 4.89. The van der Waals surface area contributed by atoms with Crippen molar-refractivity contribution in [2.24, 2.45) is 0 Å². The Kier molecular flexibility index (Phi) is 6.24. The van der Waals surface area contributed by atoms with Gasteiger partial charge >= 0.3 is 0 Å². The van der Waals surface area contributed by atoms with E-state index in [9.17, 15) is 0 Å². The molecule has 36 heavy (non-hydrogen) atoms. The van der Waals surface area contributed by atoms with Crippen LogP contribution >= 0.6 is 0 Å². The van der Waals surface area contributed by atoms with Crippen LogP contribution in [0.3, 0.4) is 0 Å². The molecule has 0 radical (unpaired) electrons. The van der Waals surface area contributed by atoms with Crippen molar-refractivity contribution >= 4 is 21.5 Å². The van der Waals surface area contributed by atoms with E-state index >= 15 is 0 Å². The van der Waals surface area contributed by atoms with Crippen LogP contribution in [-0.4, -0.2) is 0 Å². The minimum absolute atomic E-state index is 0.891. The molecule has 0 spiro atoms. The fraction of sp³-hybridized carbons (Fsp3) is 0.118. The topological polar surface area (TPSA) is 7.76 Å². The van der Waals surface area contributed by atoms with Crippen molar-refractivity contribution in [3.05, 3.63) is 156 Å². The van der Waals surface area contributed by atoms with Gasteiger partial charge in [-0.3, -0.25) is 0 Å². The Bertz CT molecular complexity index is 1490. The highest BCUT2D eigenvalue weighted by atomic mass is 14.9. The molecule has 0 atom stereocenters. The molecule has 0 aliphatic rings. The molecule has 2 aromatic heterocycles. The zero-order chi connectivity index (χ0) is 24.2. The minimum Gasteiger partial charge on any atom is -0.200 e. The van der Waals surface area contributed by atoms with E-state index in [1.54, 1.807) is 0 Å². The molecule has 174 valence electrons. The highest BCUT2D eigenvalue weighted by Crippen LogP contribution is 2.14. The van der Waals surface area contributed by atoms with Crippen LogP contribution in [-0.2, 0) is 25.9 Å². The third-order valence-corrected chi connectivity index (χ3v) is 6.97. The van der Waals surface area contributed by atoms with Crippen molar-refractivity contribution in [3.63, 3.8) is 0 Å². The van der Waals surface area contributed by atoms with Gasteiger partial charge in [0.25, 0.3) is 0 Å². The monoisotopic (exact) mass is 466 g/mol. The maximum Gasteiger partial charge on any atom is 0.176 e. The zero-order valence-electron chi connectivity index (χ0n) is 20.4. The molecular weight excluding hydrogens is 436 g/mol. The van der Waals surface area contributed by atoms with Crippen LogP contribution in [0.1, 0.15) is 22.3 Å². The molecule has 0 N–H and O–H groups in total. The zero-order valence-corrected chi connectivity index (χ0v) is 20.4. The summed E-state index contributed by atoms with van der Waals surface area (Å²) in [5.74, 6) is 0. The van der Waals surface area contributed by atoms with E-state index in [1.807, 2.05) is 0 Å². The molecule has 0 bridgehead atoms. The van der Waals surface area contributed by atoms with Crippen molar-refractivity contribution in [3.8, 4) is 0 Å². The molecule has 2 nitrogen and oxygen atoms in total. The van der Waals surface area contributed by atoms with Crippen molar-refractivity contribution in [1.82, 2.24) is 0 Å². The van der Waals surface area contributed by atoms with Crippen LogP contribution in [0, 0.1) is 0 Å². The largest absolute Gasteiger partial charge is 0.200 e. The smallest absolute Gasteiger partial charge is 0.176 e. The van der Waals surface area contributed by atoms with Crippen LogP contribution in [0.4, 0.5) is 0 Å². The Morgan fingerprint density at radius 2 is 0.722 bits per heavy atom. The van der Waals surface area contributed by atoms with E-state index in [1.165, 1.54) is 43.8 Å². The Labute approximate surface area is 212 Å². The summed E-state index contributed by atoms with van der Waals surface area (Å²) >= 11 is 0. The van der Waals surface area contributed by atoms with Crippen LogP contribution in [0.15, 0.2) is 134 Å². The minimum atomic E-state index is 0.891. The second kappa shape index (κ2) is 10.1. The number of hydrogen-bond acceptors (Lipinski definition) is 0. The second-order valence-electron chi connectivity index (χ2n) is 9.63. The van der Waals surface area contributed by atoms with E-state index in [2.05, 4.69) is 143 Å². The molecule has 4 aromatic carbocycles. The van der Waals surface area contributed by atoms with Crippen LogP contribution in [0.2, 0.25) is 0 Å². The summed E-state index contributed by atoms with van der Waals surface area (Å²) < 4.78 is 4.52. The van der Waals surface area contributed by atoms with Gasteiger partial charge in [0.05, 0.1) is 0 Å². The first-order chi connectivity index (χ1) is 17.8. The molecule has 0 aliphatic heterocycles. The lowest BCUT2D eigenvalue weighted by Crippen LogP contribution is -2.33. The van der Waals surface area contributed by atoms with E-state index in [0.717, 1.165) is 25.9 Å². The van der Waals surface area contributed by atoms with Crippen molar-refractivity contribution in [2.75, 3.05) is 0 Å². The van der Waals surface area contributed by atoms with Crippen molar-refractivity contribution < 1.29 is 9.13 Å². The second-order valence-corrected chi connectivity index (χ2v) is 9.63. The van der Waals surface area contributed by atoms with Gasteiger partial charge in [-0.1, -0.05) is 84.9 Å². The molecule has 0 saturated carbocycles. The average Bonchev–Trinajstić information content (AvgIpc) is 2.93. The van der Waals surface area contributed by atoms with Gasteiger partial charge in [0.2, 0.25) is 0 Å². The predicted molar refractivity (Wildman–Crippen MR) is 147 cm³/mol. The summed E-state index contributed by atoms with van der Waals surface area (Å²) in [6.45, 7) is 1.78. The van der Waals surface area contributed by atoms with Crippen molar-refractivity contribution in [1.29, 1.82) is 0 Å². The summed E-state index contributed by atoms with van der Waals surface area (Å²) in [7, 11) is 0. The van der Waals surface area contributed by atoms with Gasteiger partial charge in [-0.15, -0.1) is 0 Å². The Hall–Kier alpha value is -4.30. The summed E-state index contributed by atoms with van der Waals surface area (Å²) in [5, 5.41) is 5.12. The molecule has 0 saturated heterocycles. The highest BCUT2D eigenvalue weighted by Gasteiger charge is 2.07. The van der Waals surface area contributed by atoms with Crippen LogP contribution in [0.25, 0.3) is 21.5 Å². The molecule has 6 rings (SSSR count). The number of pyridine rings is 2. The van der Waals surface area contributed by atoms with E-state index in [0.29, 0.717) is 0 Å². The number of fused-ring (bicyclic) bond motifs is 2. The summed E-state index contributed by atoms with van der Waals surface area (Å²) in [6.07, 6.45) is 10.9. The molecule has 2 heteroatoms. The molecule has 2 heterocycles. The van der Waals surface area contributed by atoms with E-state index in [-0.39, 0.29) is 0 Å². The lowest BCUT2D eigenvalue weighted by molar-refractivity contribution is -0.687. The highest BCUT2D eigenvalue weighted by molar-refractivity contribution is 5.81. The van der Waals surface area contributed by atoms with E-state index in [4.69, 9.17) is 0 Å². The molecule has 0 amide bonds. The predicted octanol–water partition coefficient (Wildman–Crippen LogP) is 6.45. The maximum absolute atomic E-state index is 2.28. The van der Waals surface area contributed by atoms with Gasteiger partial charge in [0, 0.05) is 34.0 Å². The van der Waals surface area contributed by atoms with Gasteiger partial charge in [0.1, 0.15) is 0 Å². The Morgan fingerprint density at radius 3 is 1.14 bits per heavy atom. The summed E-state index contributed by atoms with van der Waals surface area (Å²) in [6, 6.07) is 39.6. The molecule has 0 unspecified atom stereocenters. The SMILES string of the molecule is c1ccc2c[n+](Cc3ccc(CCc4ccc(C[n+]5ccc6ccccc6c5)cc4)cc3)ccc2c1. The van der Waals surface area contributed by atoms with Crippen LogP contribution in [0.5, 0.6) is 0 Å². The number of nitrogens with zero attached hydrogens (tertiary/aromatic N) is 2.